The maximum atomic E-state index is 11.1. The molecule has 0 saturated heterocycles. The van der Waals surface area contributed by atoms with Crippen LogP contribution >= 0.6 is 0 Å². The number of halogens is 2. The van der Waals surface area contributed by atoms with Crippen LogP contribution in [0.4, 0.5) is 7.77 Å². The molecule has 0 aromatic rings. The Kier molecular flexibility index (Phi) is 10.9. The summed E-state index contributed by atoms with van der Waals surface area (Å²) in [5.74, 6) is 0. The minimum atomic E-state index is -5.49. The fourth-order valence-corrected chi connectivity index (χ4v) is 1.07. The van der Waals surface area contributed by atoms with Crippen LogP contribution in [0.2, 0.25) is 0 Å². The van der Waals surface area contributed by atoms with Gasteiger partial charge in [0.05, 0.1) is 11.4 Å². The van der Waals surface area contributed by atoms with Gasteiger partial charge in [0.2, 0.25) is 0 Å². The fraction of sp³-hybridized carbons (Fsp3) is 0. The van der Waals surface area contributed by atoms with Crippen molar-refractivity contribution in [1.29, 1.82) is 0 Å². The summed E-state index contributed by atoms with van der Waals surface area (Å²) in [7, 11) is -11.0. The van der Waals surface area contributed by atoms with Crippen LogP contribution in [0.25, 0.3) is 0 Å². The molecule has 0 fully saturated rings. The van der Waals surface area contributed by atoms with E-state index < -0.39 is 32.2 Å². The Hall–Kier alpha value is 0.387. The summed E-state index contributed by atoms with van der Waals surface area (Å²) in [6.07, 6.45) is 0. The van der Waals surface area contributed by atoms with E-state index in [2.05, 4.69) is 0 Å². The van der Waals surface area contributed by atoms with Gasteiger partial charge in [0.15, 0.2) is 0 Å². The quantitative estimate of drug-likeness (QED) is 0.291. The minimum absolute atomic E-state index is 0. The first kappa shape index (κ1) is 19.9. The monoisotopic (exact) mass is 269 g/mol. The van der Waals surface area contributed by atoms with Gasteiger partial charge in [0, 0.05) is 0 Å². The summed E-state index contributed by atoms with van der Waals surface area (Å²) in [5, 5.41) is 0. The average Bonchev–Trinajstić information content (AvgIpc) is 1.47. The van der Waals surface area contributed by atoms with Gasteiger partial charge < -0.3 is 9.11 Å². The molecule has 1 atom stereocenters. The van der Waals surface area contributed by atoms with Crippen molar-refractivity contribution < 1.29 is 56.8 Å². The third-order valence-corrected chi connectivity index (χ3v) is 1.79. The second kappa shape index (κ2) is 7.65. The topological polar surface area (TPSA) is 141 Å². The van der Waals surface area contributed by atoms with Crippen LogP contribution in [-0.2, 0) is 32.2 Å². The van der Waals surface area contributed by atoms with Gasteiger partial charge in [-0.25, -0.2) is 4.21 Å². The standard InChI is InChI=1S/F2HNO4S2.Li.H2O3S/c1-8(4,5)3-9(2,6)7;;1-4(2)3/h3H;;(H2,1,2,3)/q;+1;/p-1. The zero-order valence-electron chi connectivity index (χ0n) is 6.38. The van der Waals surface area contributed by atoms with Crippen molar-refractivity contribution in [3.63, 3.8) is 0 Å². The molecule has 0 radical (unpaired) electrons. The Morgan fingerprint density at radius 2 is 1.29 bits per heavy atom. The van der Waals surface area contributed by atoms with E-state index in [0.29, 0.717) is 0 Å². The SMILES string of the molecule is O=S(=O)(F)NS(=O)(=O)F.O=S([O-])O.[Li+]. The van der Waals surface area contributed by atoms with Crippen molar-refractivity contribution in [3.05, 3.63) is 0 Å². The number of hydrogen-bond donors (Lipinski definition) is 2. The van der Waals surface area contributed by atoms with Crippen LogP contribution in [-0.4, -0.2) is 30.1 Å². The largest absolute Gasteiger partial charge is 1.00 e. The molecule has 0 aromatic heterocycles. The Bertz CT molecular complexity index is 322. The average molecular weight is 269 g/mol. The van der Waals surface area contributed by atoms with Crippen molar-refractivity contribution in [1.82, 2.24) is 4.13 Å². The molecule has 1 unspecified atom stereocenters. The molecule has 0 rings (SSSR count). The normalized spacial score (nSPS) is 13.1. The van der Waals surface area contributed by atoms with Crippen LogP contribution in [0.15, 0.2) is 0 Å². The number of rotatable bonds is 2. The first-order valence-electron chi connectivity index (χ1n) is 1.90. The molecule has 0 heterocycles. The molecule has 0 aliphatic heterocycles. The number of nitrogens with one attached hydrogen (secondary N) is 1. The van der Waals surface area contributed by atoms with Crippen LogP contribution in [0, 0.1) is 0 Å². The predicted molar refractivity (Wildman–Crippen MR) is 34.7 cm³/mol. The van der Waals surface area contributed by atoms with Gasteiger partial charge in [-0.3, -0.25) is 0 Å². The van der Waals surface area contributed by atoms with Gasteiger partial charge >= 0.3 is 39.7 Å². The van der Waals surface area contributed by atoms with Gasteiger partial charge in [0.1, 0.15) is 0 Å². The van der Waals surface area contributed by atoms with E-state index in [1.54, 1.807) is 0 Å². The smallest absolute Gasteiger partial charge is 0.750 e. The molecule has 82 valence electrons. The molecule has 0 spiro atoms. The predicted octanol–water partition coefficient (Wildman–Crippen LogP) is -4.65. The first-order valence-corrected chi connectivity index (χ1v) is 5.70. The van der Waals surface area contributed by atoms with Crippen molar-refractivity contribution in [2.75, 3.05) is 0 Å². The Morgan fingerprint density at radius 3 is 1.29 bits per heavy atom. The molecule has 0 aromatic carbocycles. The van der Waals surface area contributed by atoms with Gasteiger partial charge in [-0.15, -0.1) is 0 Å². The maximum Gasteiger partial charge on any atom is 1.00 e. The van der Waals surface area contributed by atoms with Gasteiger partial charge in [-0.05, 0) is 0 Å². The Balaban J connectivity index is -0.000000209. The second-order valence-corrected chi connectivity index (χ2v) is 4.03. The Morgan fingerprint density at radius 1 is 1.14 bits per heavy atom. The molecule has 0 saturated carbocycles. The summed E-state index contributed by atoms with van der Waals surface area (Å²) in [6, 6.07) is 0. The summed E-state index contributed by atoms with van der Waals surface area (Å²) < 4.78 is 83.4. The van der Waals surface area contributed by atoms with Gasteiger partial charge in [0.25, 0.3) is 0 Å². The van der Waals surface area contributed by atoms with E-state index in [1.807, 2.05) is 0 Å². The molecule has 14 heavy (non-hydrogen) atoms. The van der Waals surface area contributed by atoms with E-state index in [1.165, 1.54) is 0 Å². The van der Waals surface area contributed by atoms with Crippen LogP contribution in [0.5, 0.6) is 0 Å². The zero-order chi connectivity index (χ0) is 11.3. The maximum absolute atomic E-state index is 11.1. The third kappa shape index (κ3) is 39.4. The van der Waals surface area contributed by atoms with E-state index >= 15 is 0 Å². The molecular formula is H2F2LiNO7S3. The van der Waals surface area contributed by atoms with Gasteiger partial charge in [-0.2, -0.15) is 16.8 Å². The van der Waals surface area contributed by atoms with E-state index in [0.717, 1.165) is 0 Å². The first-order chi connectivity index (χ1) is 5.44. The van der Waals surface area contributed by atoms with Crippen molar-refractivity contribution in [2.24, 2.45) is 0 Å². The van der Waals surface area contributed by atoms with Crippen LogP contribution < -0.4 is 23.0 Å². The molecule has 0 aliphatic rings. The molecule has 0 bridgehead atoms. The third-order valence-electron chi connectivity index (χ3n) is 0.199. The Labute approximate surface area is 93.1 Å². The van der Waals surface area contributed by atoms with E-state index in [4.69, 9.17) is 13.3 Å². The fourth-order valence-electron chi connectivity index (χ4n) is 0.119. The summed E-state index contributed by atoms with van der Waals surface area (Å²) in [4.78, 5) is 0. The van der Waals surface area contributed by atoms with E-state index in [9.17, 15) is 24.6 Å². The number of hydrogen-bond acceptors (Lipinski definition) is 6. The second-order valence-electron chi connectivity index (χ2n) is 1.18. The molecule has 2 N–H and O–H groups in total. The van der Waals surface area contributed by atoms with Crippen molar-refractivity contribution >= 4 is 32.2 Å². The van der Waals surface area contributed by atoms with Gasteiger partial charge in [-0.1, -0.05) is 11.9 Å². The summed E-state index contributed by atoms with van der Waals surface area (Å²) in [5.41, 5.74) is 0. The van der Waals surface area contributed by atoms with Crippen molar-refractivity contribution in [2.45, 2.75) is 0 Å². The molecule has 0 amide bonds. The van der Waals surface area contributed by atoms with Crippen LogP contribution in [0.1, 0.15) is 0 Å². The summed E-state index contributed by atoms with van der Waals surface area (Å²) >= 11 is -2.86. The van der Waals surface area contributed by atoms with Crippen molar-refractivity contribution in [3.8, 4) is 0 Å². The van der Waals surface area contributed by atoms with E-state index in [-0.39, 0.29) is 23.0 Å². The zero-order valence-corrected chi connectivity index (χ0v) is 8.83. The summed E-state index contributed by atoms with van der Waals surface area (Å²) in [6.45, 7) is 0. The minimum Gasteiger partial charge on any atom is -0.750 e. The molecule has 14 heteroatoms. The van der Waals surface area contributed by atoms with Crippen LogP contribution in [0.3, 0.4) is 0 Å². The molecular weight excluding hydrogens is 267 g/mol. The molecule has 0 aliphatic carbocycles. The molecule has 8 nitrogen and oxygen atoms in total.